The van der Waals surface area contributed by atoms with E-state index >= 15 is 0 Å². The second kappa shape index (κ2) is 8.44. The van der Waals surface area contributed by atoms with Crippen LogP contribution in [0.2, 0.25) is 0 Å². The second-order valence-electron chi connectivity index (χ2n) is 5.37. The van der Waals surface area contributed by atoms with E-state index in [-0.39, 0.29) is 6.09 Å². The molecule has 116 valence electrons. The van der Waals surface area contributed by atoms with Crippen molar-refractivity contribution in [3.05, 3.63) is 0 Å². The van der Waals surface area contributed by atoms with E-state index in [9.17, 15) is 4.79 Å². The summed E-state index contributed by atoms with van der Waals surface area (Å²) in [6.07, 6.45) is 1.86. The highest BCUT2D eigenvalue weighted by Crippen LogP contribution is 2.11. The molecule has 2 fully saturated rings. The Morgan fingerprint density at radius 2 is 1.95 bits per heavy atom. The summed E-state index contributed by atoms with van der Waals surface area (Å²) in [5, 5.41) is 3.60. The van der Waals surface area contributed by atoms with Crippen molar-refractivity contribution in [3.63, 3.8) is 0 Å². The lowest BCUT2D eigenvalue weighted by Gasteiger charge is -2.32. The molecule has 2 aliphatic rings. The van der Waals surface area contributed by atoms with Gasteiger partial charge in [-0.05, 0) is 19.8 Å². The number of hydrogen-bond donors (Lipinski definition) is 1. The third-order valence-electron chi connectivity index (χ3n) is 3.99. The fourth-order valence-corrected chi connectivity index (χ4v) is 2.73. The van der Waals surface area contributed by atoms with Gasteiger partial charge in [0.2, 0.25) is 0 Å². The molecule has 20 heavy (non-hydrogen) atoms. The number of amides is 1. The van der Waals surface area contributed by atoms with Crippen molar-refractivity contribution in [1.29, 1.82) is 0 Å². The predicted octanol–water partition coefficient (Wildman–Crippen LogP) is 0.529. The van der Waals surface area contributed by atoms with Crippen LogP contribution in [-0.2, 0) is 9.47 Å². The number of piperidine rings is 1. The van der Waals surface area contributed by atoms with Gasteiger partial charge in [-0.3, -0.25) is 4.90 Å². The molecule has 0 radical (unpaired) electrons. The molecule has 6 nitrogen and oxygen atoms in total. The molecule has 0 aromatic rings. The first-order chi connectivity index (χ1) is 9.79. The molecule has 0 atom stereocenters. The van der Waals surface area contributed by atoms with Crippen LogP contribution in [-0.4, -0.2) is 81.0 Å². The van der Waals surface area contributed by atoms with E-state index in [1.807, 2.05) is 11.8 Å². The van der Waals surface area contributed by atoms with Crippen molar-refractivity contribution in [2.45, 2.75) is 25.8 Å². The van der Waals surface area contributed by atoms with Gasteiger partial charge in [-0.1, -0.05) is 0 Å². The molecule has 0 bridgehead atoms. The molecule has 0 aromatic heterocycles. The highest BCUT2D eigenvalue weighted by molar-refractivity contribution is 5.67. The fourth-order valence-electron chi connectivity index (χ4n) is 2.73. The summed E-state index contributed by atoms with van der Waals surface area (Å²) < 4.78 is 10.4. The minimum Gasteiger partial charge on any atom is -0.450 e. The largest absolute Gasteiger partial charge is 0.450 e. The Morgan fingerprint density at radius 3 is 2.60 bits per heavy atom. The Balaban J connectivity index is 1.56. The van der Waals surface area contributed by atoms with Gasteiger partial charge in [-0.2, -0.15) is 0 Å². The van der Waals surface area contributed by atoms with E-state index in [4.69, 9.17) is 9.47 Å². The number of morpholine rings is 1. The van der Waals surface area contributed by atoms with Crippen molar-refractivity contribution in [2.75, 3.05) is 59.1 Å². The topological polar surface area (TPSA) is 54.0 Å². The zero-order chi connectivity index (χ0) is 14.2. The highest BCUT2D eigenvalue weighted by atomic mass is 16.6. The molecule has 2 heterocycles. The Labute approximate surface area is 121 Å². The van der Waals surface area contributed by atoms with Gasteiger partial charge in [-0.15, -0.1) is 0 Å². The van der Waals surface area contributed by atoms with Crippen molar-refractivity contribution in [3.8, 4) is 0 Å². The van der Waals surface area contributed by atoms with Gasteiger partial charge in [0.25, 0.3) is 0 Å². The average molecular weight is 285 g/mol. The zero-order valence-electron chi connectivity index (χ0n) is 12.5. The molecule has 2 rings (SSSR count). The van der Waals surface area contributed by atoms with E-state index in [0.717, 1.165) is 65.3 Å². The monoisotopic (exact) mass is 285 g/mol. The minimum atomic E-state index is -0.167. The van der Waals surface area contributed by atoms with Crippen LogP contribution in [0.1, 0.15) is 19.8 Å². The molecule has 1 N–H and O–H groups in total. The standard InChI is InChI=1S/C14H27N3O3/c1-2-20-14(18)17-6-3-13(4-7-17)15-5-8-16-9-11-19-12-10-16/h13,15H,2-12H2,1H3. The average Bonchev–Trinajstić information content (AvgIpc) is 2.49. The Morgan fingerprint density at radius 1 is 1.25 bits per heavy atom. The minimum absolute atomic E-state index is 0.167. The van der Waals surface area contributed by atoms with Gasteiger partial charge >= 0.3 is 6.09 Å². The van der Waals surface area contributed by atoms with E-state index in [2.05, 4.69) is 10.2 Å². The maximum Gasteiger partial charge on any atom is 0.409 e. The first-order valence-corrected chi connectivity index (χ1v) is 7.74. The van der Waals surface area contributed by atoms with Crippen molar-refractivity contribution in [2.24, 2.45) is 0 Å². The smallest absolute Gasteiger partial charge is 0.409 e. The lowest BCUT2D eigenvalue weighted by molar-refractivity contribution is 0.0377. The molecule has 2 saturated heterocycles. The van der Waals surface area contributed by atoms with Crippen LogP contribution in [0.25, 0.3) is 0 Å². The molecule has 2 aliphatic heterocycles. The number of likely N-dealkylation sites (tertiary alicyclic amines) is 1. The SMILES string of the molecule is CCOC(=O)N1CCC(NCCN2CCOCC2)CC1. The van der Waals surface area contributed by atoms with Gasteiger partial charge in [0, 0.05) is 45.3 Å². The van der Waals surface area contributed by atoms with Crippen molar-refractivity contribution >= 4 is 6.09 Å². The summed E-state index contributed by atoms with van der Waals surface area (Å²) in [7, 11) is 0. The van der Waals surface area contributed by atoms with Crippen LogP contribution in [0, 0.1) is 0 Å². The Bertz CT molecular complexity index is 287. The van der Waals surface area contributed by atoms with Gasteiger partial charge in [-0.25, -0.2) is 4.79 Å². The first kappa shape index (κ1) is 15.5. The number of rotatable bonds is 5. The van der Waals surface area contributed by atoms with Crippen LogP contribution in [0.15, 0.2) is 0 Å². The fraction of sp³-hybridized carbons (Fsp3) is 0.929. The van der Waals surface area contributed by atoms with Crippen LogP contribution in [0.3, 0.4) is 0 Å². The van der Waals surface area contributed by atoms with Crippen LogP contribution >= 0.6 is 0 Å². The summed E-state index contributed by atoms with van der Waals surface area (Å²) in [6, 6.07) is 0.529. The lowest BCUT2D eigenvalue weighted by atomic mass is 10.1. The number of nitrogens with one attached hydrogen (secondary N) is 1. The number of carbonyl (C=O) groups excluding carboxylic acids is 1. The molecular weight excluding hydrogens is 258 g/mol. The summed E-state index contributed by atoms with van der Waals surface area (Å²) in [4.78, 5) is 15.8. The quantitative estimate of drug-likeness (QED) is 0.798. The lowest BCUT2D eigenvalue weighted by Crippen LogP contribution is -2.47. The van der Waals surface area contributed by atoms with Crippen molar-refractivity contribution in [1.82, 2.24) is 15.1 Å². The summed E-state index contributed by atoms with van der Waals surface area (Å²) in [5.74, 6) is 0. The second-order valence-corrected chi connectivity index (χ2v) is 5.37. The van der Waals surface area contributed by atoms with Crippen molar-refractivity contribution < 1.29 is 14.3 Å². The van der Waals surface area contributed by atoms with Crippen LogP contribution in [0.4, 0.5) is 4.79 Å². The maximum atomic E-state index is 11.6. The summed E-state index contributed by atoms with van der Waals surface area (Å²) >= 11 is 0. The van der Waals surface area contributed by atoms with E-state index in [1.54, 1.807) is 0 Å². The predicted molar refractivity (Wildman–Crippen MR) is 76.9 cm³/mol. The van der Waals surface area contributed by atoms with Crippen LogP contribution in [0.5, 0.6) is 0 Å². The van der Waals surface area contributed by atoms with E-state index in [1.165, 1.54) is 0 Å². The molecular formula is C14H27N3O3. The highest BCUT2D eigenvalue weighted by Gasteiger charge is 2.23. The molecule has 0 aliphatic carbocycles. The molecule has 0 aromatic carbocycles. The normalized spacial score (nSPS) is 21.9. The van der Waals surface area contributed by atoms with Gasteiger partial charge in [0.1, 0.15) is 0 Å². The molecule has 1 amide bonds. The van der Waals surface area contributed by atoms with Gasteiger partial charge in [0.15, 0.2) is 0 Å². The van der Waals surface area contributed by atoms with E-state index in [0.29, 0.717) is 12.6 Å². The Kier molecular flexibility index (Phi) is 6.56. The molecule has 6 heteroatoms. The first-order valence-electron chi connectivity index (χ1n) is 7.74. The summed E-state index contributed by atoms with van der Waals surface area (Å²) in [6.45, 7) is 9.81. The van der Waals surface area contributed by atoms with Gasteiger partial charge < -0.3 is 19.7 Å². The maximum absolute atomic E-state index is 11.6. The number of carbonyl (C=O) groups is 1. The third kappa shape index (κ3) is 4.92. The molecule has 0 saturated carbocycles. The number of nitrogens with zero attached hydrogens (tertiary/aromatic N) is 2. The van der Waals surface area contributed by atoms with Crippen LogP contribution < -0.4 is 5.32 Å². The third-order valence-corrected chi connectivity index (χ3v) is 3.99. The Hall–Kier alpha value is -0.850. The number of ether oxygens (including phenoxy) is 2. The van der Waals surface area contributed by atoms with E-state index < -0.39 is 0 Å². The number of hydrogen-bond acceptors (Lipinski definition) is 5. The van der Waals surface area contributed by atoms with Gasteiger partial charge in [0.05, 0.1) is 19.8 Å². The zero-order valence-corrected chi connectivity index (χ0v) is 12.5. The molecule has 0 unspecified atom stereocenters. The molecule has 0 spiro atoms. The summed E-state index contributed by atoms with van der Waals surface area (Å²) in [5.41, 5.74) is 0.